The second-order valence-corrected chi connectivity index (χ2v) is 10.2. The van der Waals surface area contributed by atoms with Gasteiger partial charge in [-0.2, -0.15) is 4.31 Å². The average Bonchev–Trinajstić information content (AvgIpc) is 2.79. The van der Waals surface area contributed by atoms with E-state index in [0.717, 1.165) is 4.31 Å². The summed E-state index contributed by atoms with van der Waals surface area (Å²) in [5.41, 5.74) is 0.564. The van der Waals surface area contributed by atoms with Crippen LogP contribution in [0, 0.1) is 5.82 Å². The van der Waals surface area contributed by atoms with E-state index in [1.807, 2.05) is 13.8 Å². The van der Waals surface area contributed by atoms with Crippen molar-refractivity contribution in [2.24, 2.45) is 0 Å². The quantitative estimate of drug-likeness (QED) is 0.634. The predicted molar refractivity (Wildman–Crippen MR) is 118 cm³/mol. The molecule has 2 atom stereocenters. The molecule has 1 fully saturated rings. The lowest BCUT2D eigenvalue weighted by Gasteiger charge is -2.36. The number of carbonyl (C=O) groups is 1. The molecule has 8 nitrogen and oxygen atoms in total. The molecule has 33 heavy (non-hydrogen) atoms. The molecule has 0 radical (unpaired) electrons. The fourth-order valence-corrected chi connectivity index (χ4v) is 5.38. The number of sulfonamides is 1. The Kier molecular flexibility index (Phi) is 6.87. The van der Waals surface area contributed by atoms with Gasteiger partial charge in [0.05, 0.1) is 23.6 Å². The van der Waals surface area contributed by atoms with E-state index in [0.29, 0.717) is 43.4 Å². The van der Waals surface area contributed by atoms with E-state index < -0.39 is 15.8 Å². The minimum absolute atomic E-state index is 0.00891. The molecule has 0 bridgehead atoms. The average molecular weight is 479 g/mol. The third kappa shape index (κ3) is 5.45. The number of ether oxygens (including phenoxy) is 3. The van der Waals surface area contributed by atoms with E-state index in [1.165, 1.54) is 36.4 Å². The Labute approximate surface area is 192 Å². The number of amides is 1. The second kappa shape index (κ2) is 9.66. The van der Waals surface area contributed by atoms with Crippen molar-refractivity contribution in [3.05, 3.63) is 53.8 Å². The lowest BCUT2D eigenvalue weighted by atomic mass is 10.2. The maximum Gasteiger partial charge on any atom is 0.243 e. The van der Waals surface area contributed by atoms with E-state index in [9.17, 15) is 17.6 Å². The lowest BCUT2D eigenvalue weighted by molar-refractivity contribution is -0.143. The molecule has 4 rings (SSSR count). The summed E-state index contributed by atoms with van der Waals surface area (Å²) in [7, 11) is -4.08. The van der Waals surface area contributed by atoms with Crippen LogP contribution in [0.4, 0.5) is 4.39 Å². The fourth-order valence-electron chi connectivity index (χ4n) is 3.98. The first kappa shape index (κ1) is 23.5. The van der Waals surface area contributed by atoms with Gasteiger partial charge in [-0.1, -0.05) is 12.1 Å². The summed E-state index contributed by atoms with van der Waals surface area (Å²) in [5.74, 6) is 0.0662. The van der Waals surface area contributed by atoms with Crippen LogP contribution in [0.5, 0.6) is 11.5 Å². The first-order chi connectivity index (χ1) is 15.7. The van der Waals surface area contributed by atoms with Crippen molar-refractivity contribution in [1.82, 2.24) is 9.21 Å². The zero-order valence-electron chi connectivity index (χ0n) is 18.6. The van der Waals surface area contributed by atoms with Crippen molar-refractivity contribution in [2.75, 3.05) is 32.8 Å². The molecule has 2 aliphatic rings. The summed E-state index contributed by atoms with van der Waals surface area (Å²) >= 11 is 0. The minimum Gasteiger partial charge on any atom is -0.486 e. The summed E-state index contributed by atoms with van der Waals surface area (Å²) in [6.07, 6.45) is -0.282. The molecular formula is C23H27FN2O6S. The predicted octanol–water partition coefficient (Wildman–Crippen LogP) is 2.42. The molecule has 0 unspecified atom stereocenters. The molecule has 2 aliphatic heterocycles. The zero-order valence-corrected chi connectivity index (χ0v) is 19.4. The summed E-state index contributed by atoms with van der Waals surface area (Å²) in [5, 5.41) is 0. The molecular weight excluding hydrogens is 451 g/mol. The molecule has 0 saturated carbocycles. The van der Waals surface area contributed by atoms with Gasteiger partial charge in [-0.05, 0) is 43.7 Å². The van der Waals surface area contributed by atoms with Crippen LogP contribution in [-0.2, 0) is 26.1 Å². The third-order valence-corrected chi connectivity index (χ3v) is 7.30. The van der Waals surface area contributed by atoms with Gasteiger partial charge in [-0.15, -0.1) is 0 Å². The Morgan fingerprint density at radius 2 is 1.67 bits per heavy atom. The normalized spacial score (nSPS) is 20.7. The molecule has 0 aromatic heterocycles. The standard InChI is InChI=1S/C23H27FN2O6S/c1-16-12-25(13-17(2)32-16)23(27)15-26(14-18-3-5-19(24)6-4-18)33(28,29)20-7-8-21-22(11-20)31-10-9-30-21/h3-8,11,16-17H,9-10,12-15H2,1-2H3/t16-,17+. The third-order valence-electron chi connectivity index (χ3n) is 5.51. The highest BCUT2D eigenvalue weighted by Gasteiger charge is 2.32. The monoisotopic (exact) mass is 478 g/mol. The van der Waals surface area contributed by atoms with Gasteiger partial charge in [0.1, 0.15) is 19.0 Å². The van der Waals surface area contributed by atoms with Gasteiger partial charge in [0.2, 0.25) is 15.9 Å². The van der Waals surface area contributed by atoms with Crippen LogP contribution < -0.4 is 9.47 Å². The van der Waals surface area contributed by atoms with Crippen LogP contribution in [0.3, 0.4) is 0 Å². The molecule has 178 valence electrons. The van der Waals surface area contributed by atoms with Crippen molar-refractivity contribution in [3.8, 4) is 11.5 Å². The highest BCUT2D eigenvalue weighted by Crippen LogP contribution is 2.33. The molecule has 0 spiro atoms. The SMILES string of the molecule is C[C@@H]1CN(C(=O)CN(Cc2ccc(F)cc2)S(=O)(=O)c2ccc3c(c2)OCCO3)C[C@H](C)O1. The van der Waals surface area contributed by atoms with Crippen LogP contribution in [0.2, 0.25) is 0 Å². The number of carbonyl (C=O) groups excluding carboxylic acids is 1. The number of halogens is 1. The lowest BCUT2D eigenvalue weighted by Crippen LogP contribution is -2.51. The molecule has 1 saturated heterocycles. The van der Waals surface area contributed by atoms with Gasteiger partial charge >= 0.3 is 0 Å². The van der Waals surface area contributed by atoms with Crippen molar-refractivity contribution in [1.29, 1.82) is 0 Å². The number of morpholine rings is 1. The number of fused-ring (bicyclic) bond motifs is 1. The van der Waals surface area contributed by atoms with Crippen molar-refractivity contribution in [2.45, 2.75) is 37.5 Å². The molecule has 2 aromatic carbocycles. The zero-order chi connectivity index (χ0) is 23.6. The highest BCUT2D eigenvalue weighted by atomic mass is 32.2. The minimum atomic E-state index is -4.08. The molecule has 1 amide bonds. The first-order valence-corrected chi connectivity index (χ1v) is 12.2. The second-order valence-electron chi connectivity index (χ2n) is 8.26. The Balaban J connectivity index is 1.62. The van der Waals surface area contributed by atoms with Gasteiger partial charge in [-0.3, -0.25) is 4.79 Å². The summed E-state index contributed by atoms with van der Waals surface area (Å²) in [6.45, 7) is 4.79. The van der Waals surface area contributed by atoms with Crippen molar-refractivity contribution >= 4 is 15.9 Å². The van der Waals surface area contributed by atoms with E-state index in [2.05, 4.69) is 0 Å². The number of benzene rings is 2. The van der Waals surface area contributed by atoms with Crippen molar-refractivity contribution in [3.63, 3.8) is 0 Å². The Bertz CT molecular complexity index is 1100. The largest absolute Gasteiger partial charge is 0.486 e. The van der Waals surface area contributed by atoms with Crippen LogP contribution >= 0.6 is 0 Å². The summed E-state index contributed by atoms with van der Waals surface area (Å²) in [4.78, 5) is 14.7. The Morgan fingerprint density at radius 1 is 1.03 bits per heavy atom. The van der Waals surface area contributed by atoms with Crippen LogP contribution in [0.25, 0.3) is 0 Å². The van der Waals surface area contributed by atoms with Gasteiger partial charge in [0.15, 0.2) is 11.5 Å². The van der Waals surface area contributed by atoms with Crippen molar-refractivity contribution < 1.29 is 31.8 Å². The number of rotatable bonds is 6. The smallest absolute Gasteiger partial charge is 0.243 e. The number of hydrogen-bond donors (Lipinski definition) is 0. The molecule has 2 heterocycles. The summed E-state index contributed by atoms with van der Waals surface area (Å²) in [6, 6.07) is 9.92. The fraction of sp³-hybridized carbons (Fsp3) is 0.435. The van der Waals surface area contributed by atoms with Gasteiger partial charge in [0, 0.05) is 25.7 Å². The molecule has 0 aliphatic carbocycles. The topological polar surface area (TPSA) is 85.4 Å². The highest BCUT2D eigenvalue weighted by molar-refractivity contribution is 7.89. The van der Waals surface area contributed by atoms with Crippen LogP contribution in [-0.4, -0.2) is 68.6 Å². The van der Waals surface area contributed by atoms with E-state index >= 15 is 0 Å². The maximum atomic E-state index is 13.6. The number of hydrogen-bond acceptors (Lipinski definition) is 6. The molecule has 0 N–H and O–H groups in total. The van der Waals surface area contributed by atoms with E-state index in [-0.39, 0.29) is 36.1 Å². The van der Waals surface area contributed by atoms with Crippen LogP contribution in [0.15, 0.2) is 47.4 Å². The van der Waals surface area contributed by atoms with E-state index in [4.69, 9.17) is 14.2 Å². The Hall–Kier alpha value is -2.69. The van der Waals surface area contributed by atoms with E-state index in [1.54, 1.807) is 11.0 Å². The van der Waals surface area contributed by atoms with Gasteiger partial charge < -0.3 is 19.1 Å². The molecule has 10 heteroatoms. The first-order valence-electron chi connectivity index (χ1n) is 10.8. The Morgan fingerprint density at radius 3 is 2.33 bits per heavy atom. The summed E-state index contributed by atoms with van der Waals surface area (Å²) < 4.78 is 58.4. The van der Waals surface area contributed by atoms with Gasteiger partial charge in [0.25, 0.3) is 0 Å². The van der Waals surface area contributed by atoms with Crippen LogP contribution in [0.1, 0.15) is 19.4 Å². The van der Waals surface area contributed by atoms with Gasteiger partial charge in [-0.25, -0.2) is 12.8 Å². The maximum absolute atomic E-state index is 13.6. The number of nitrogens with zero attached hydrogens (tertiary/aromatic N) is 2. The molecule has 2 aromatic rings.